The molecule has 27 heavy (non-hydrogen) atoms. The lowest BCUT2D eigenvalue weighted by Crippen LogP contribution is -2.14. The number of hydrogen-bond acceptors (Lipinski definition) is 9. The van der Waals surface area contributed by atoms with Gasteiger partial charge in [-0.3, -0.25) is 4.79 Å². The maximum absolute atomic E-state index is 12.2. The van der Waals surface area contributed by atoms with Gasteiger partial charge in [0.05, 0.1) is 38.5 Å². The molecule has 3 aromatic rings. The van der Waals surface area contributed by atoms with Crippen LogP contribution in [-0.2, 0) is 11.3 Å². The highest BCUT2D eigenvalue weighted by atomic mass is 32.2. The van der Waals surface area contributed by atoms with Crippen molar-refractivity contribution in [1.29, 1.82) is 0 Å². The van der Waals surface area contributed by atoms with Gasteiger partial charge in [-0.25, -0.2) is 0 Å². The summed E-state index contributed by atoms with van der Waals surface area (Å²) >= 11 is 2.69. The van der Waals surface area contributed by atoms with Crippen LogP contribution in [0.2, 0.25) is 0 Å². The number of benzene rings is 1. The fourth-order valence-corrected chi connectivity index (χ4v) is 3.69. The first kappa shape index (κ1) is 19.1. The van der Waals surface area contributed by atoms with Gasteiger partial charge >= 0.3 is 0 Å². The molecule has 8 nitrogen and oxygen atoms in total. The van der Waals surface area contributed by atoms with Crippen LogP contribution in [0.15, 0.2) is 45.4 Å². The Morgan fingerprint density at radius 2 is 2.15 bits per heavy atom. The topological polar surface area (TPSA) is 98.5 Å². The van der Waals surface area contributed by atoms with Gasteiger partial charge < -0.3 is 24.5 Å². The molecule has 0 atom stereocenters. The number of aromatic nitrogens is 2. The summed E-state index contributed by atoms with van der Waals surface area (Å²) < 4.78 is 16.4. The first-order valence-corrected chi connectivity index (χ1v) is 9.72. The predicted octanol–water partition coefficient (Wildman–Crippen LogP) is 3.49. The molecule has 0 aliphatic heterocycles. The number of ether oxygens (including phenoxy) is 2. The quantitative estimate of drug-likeness (QED) is 0.521. The SMILES string of the molecule is COc1ccc(OC)c(NC(=O)CSc2nnc(NCc3ccco3)s2)c1. The second-order valence-electron chi connectivity index (χ2n) is 5.21. The van der Waals surface area contributed by atoms with Crippen LogP contribution in [0.3, 0.4) is 0 Å². The van der Waals surface area contributed by atoms with Gasteiger partial charge in [-0.2, -0.15) is 0 Å². The number of carbonyl (C=O) groups excluding carboxylic acids is 1. The first-order chi connectivity index (χ1) is 13.2. The molecular weight excluding hydrogens is 388 g/mol. The predicted molar refractivity (Wildman–Crippen MR) is 105 cm³/mol. The second kappa shape index (κ2) is 9.28. The Hall–Kier alpha value is -2.72. The van der Waals surface area contributed by atoms with Crippen LogP contribution in [0.25, 0.3) is 0 Å². The minimum absolute atomic E-state index is 0.174. The molecule has 0 spiro atoms. The number of nitrogens with one attached hydrogen (secondary N) is 2. The molecule has 0 radical (unpaired) electrons. The second-order valence-corrected chi connectivity index (χ2v) is 7.41. The van der Waals surface area contributed by atoms with Crippen LogP contribution in [0, 0.1) is 0 Å². The summed E-state index contributed by atoms with van der Waals surface area (Å²) in [6, 6.07) is 8.92. The molecule has 0 aliphatic rings. The molecule has 10 heteroatoms. The van der Waals surface area contributed by atoms with E-state index in [1.165, 1.54) is 23.1 Å². The molecule has 1 aromatic carbocycles. The Labute approximate surface area is 164 Å². The largest absolute Gasteiger partial charge is 0.497 e. The number of anilines is 2. The van der Waals surface area contributed by atoms with Crippen molar-refractivity contribution in [3.8, 4) is 11.5 Å². The molecule has 0 saturated carbocycles. The van der Waals surface area contributed by atoms with Crippen LogP contribution < -0.4 is 20.1 Å². The van der Waals surface area contributed by atoms with Gasteiger partial charge in [0.1, 0.15) is 17.3 Å². The average Bonchev–Trinajstić information content (AvgIpc) is 3.36. The Morgan fingerprint density at radius 1 is 1.26 bits per heavy atom. The van der Waals surface area contributed by atoms with E-state index >= 15 is 0 Å². The van der Waals surface area contributed by atoms with E-state index in [0.29, 0.717) is 33.2 Å². The molecule has 3 rings (SSSR count). The molecule has 0 unspecified atom stereocenters. The van der Waals surface area contributed by atoms with Gasteiger partial charge in [-0.1, -0.05) is 23.1 Å². The number of thioether (sulfide) groups is 1. The lowest BCUT2D eigenvalue weighted by Gasteiger charge is -2.11. The van der Waals surface area contributed by atoms with Crippen molar-refractivity contribution < 1.29 is 18.7 Å². The van der Waals surface area contributed by atoms with E-state index in [9.17, 15) is 4.79 Å². The van der Waals surface area contributed by atoms with Crippen LogP contribution in [0.5, 0.6) is 11.5 Å². The van der Waals surface area contributed by atoms with Crippen molar-refractivity contribution in [3.05, 3.63) is 42.4 Å². The highest BCUT2D eigenvalue weighted by Crippen LogP contribution is 2.30. The minimum atomic E-state index is -0.174. The Bertz CT molecular complexity index is 883. The van der Waals surface area contributed by atoms with Crippen LogP contribution in [-0.4, -0.2) is 36.1 Å². The van der Waals surface area contributed by atoms with Crippen molar-refractivity contribution >= 4 is 39.8 Å². The Morgan fingerprint density at radius 3 is 2.89 bits per heavy atom. The third-order valence-corrected chi connectivity index (χ3v) is 5.42. The Balaban J connectivity index is 1.51. The number of nitrogens with zero attached hydrogens (tertiary/aromatic N) is 2. The average molecular weight is 406 g/mol. The first-order valence-electron chi connectivity index (χ1n) is 7.92. The summed E-state index contributed by atoms with van der Waals surface area (Å²) in [5.41, 5.74) is 0.556. The summed E-state index contributed by atoms with van der Waals surface area (Å²) in [6.07, 6.45) is 1.62. The summed E-state index contributed by atoms with van der Waals surface area (Å²) in [4.78, 5) is 12.2. The summed E-state index contributed by atoms with van der Waals surface area (Å²) in [5.74, 6) is 2.04. The molecule has 0 saturated heterocycles. The van der Waals surface area contributed by atoms with E-state index in [-0.39, 0.29) is 11.7 Å². The van der Waals surface area contributed by atoms with Gasteiger partial charge in [0.15, 0.2) is 4.34 Å². The highest BCUT2D eigenvalue weighted by molar-refractivity contribution is 8.01. The standard InChI is InChI=1S/C17H18N4O4S2/c1-23-11-5-6-14(24-2)13(8-11)19-15(22)10-26-17-21-20-16(27-17)18-9-12-4-3-7-25-12/h3-8H,9-10H2,1-2H3,(H,18,20)(H,19,22). The number of carbonyl (C=O) groups is 1. The van der Waals surface area contributed by atoms with E-state index in [1.54, 1.807) is 38.7 Å². The molecular formula is C17H18N4O4S2. The summed E-state index contributed by atoms with van der Waals surface area (Å²) in [7, 11) is 3.11. The van der Waals surface area contributed by atoms with Crippen molar-refractivity contribution in [2.75, 3.05) is 30.6 Å². The monoisotopic (exact) mass is 406 g/mol. The molecule has 0 bridgehead atoms. The number of rotatable bonds is 9. The van der Waals surface area contributed by atoms with Crippen molar-refractivity contribution in [1.82, 2.24) is 10.2 Å². The number of methoxy groups -OCH3 is 2. The zero-order chi connectivity index (χ0) is 19.1. The summed E-state index contributed by atoms with van der Waals surface area (Å²) in [6.45, 7) is 0.530. The van der Waals surface area contributed by atoms with E-state index in [4.69, 9.17) is 13.9 Å². The van der Waals surface area contributed by atoms with Gasteiger partial charge in [-0.15, -0.1) is 10.2 Å². The van der Waals surface area contributed by atoms with Crippen LogP contribution >= 0.6 is 23.1 Å². The zero-order valence-corrected chi connectivity index (χ0v) is 16.4. The molecule has 0 aliphatic carbocycles. The molecule has 1 amide bonds. The van der Waals surface area contributed by atoms with Gasteiger partial charge in [0, 0.05) is 6.07 Å². The van der Waals surface area contributed by atoms with Crippen LogP contribution in [0.4, 0.5) is 10.8 Å². The van der Waals surface area contributed by atoms with E-state index in [1.807, 2.05) is 12.1 Å². The highest BCUT2D eigenvalue weighted by Gasteiger charge is 2.12. The fourth-order valence-electron chi connectivity index (χ4n) is 2.14. The molecule has 2 aromatic heterocycles. The molecule has 142 valence electrons. The third kappa shape index (κ3) is 5.38. The van der Waals surface area contributed by atoms with Crippen molar-refractivity contribution in [3.63, 3.8) is 0 Å². The maximum atomic E-state index is 12.2. The number of hydrogen-bond donors (Lipinski definition) is 2. The normalized spacial score (nSPS) is 10.4. The third-order valence-electron chi connectivity index (χ3n) is 3.41. The molecule has 2 heterocycles. The molecule has 0 fully saturated rings. The maximum Gasteiger partial charge on any atom is 0.234 e. The Kier molecular flexibility index (Phi) is 6.55. The van der Waals surface area contributed by atoms with Crippen molar-refractivity contribution in [2.24, 2.45) is 0 Å². The van der Waals surface area contributed by atoms with E-state index in [2.05, 4.69) is 20.8 Å². The van der Waals surface area contributed by atoms with E-state index in [0.717, 1.165) is 5.76 Å². The molecule has 2 N–H and O–H groups in total. The summed E-state index contributed by atoms with van der Waals surface area (Å²) in [5, 5.41) is 14.7. The van der Waals surface area contributed by atoms with Crippen molar-refractivity contribution in [2.45, 2.75) is 10.9 Å². The van der Waals surface area contributed by atoms with E-state index < -0.39 is 0 Å². The van der Waals surface area contributed by atoms with Crippen LogP contribution in [0.1, 0.15) is 5.76 Å². The smallest absolute Gasteiger partial charge is 0.234 e. The zero-order valence-electron chi connectivity index (χ0n) is 14.7. The lowest BCUT2D eigenvalue weighted by atomic mass is 10.2. The lowest BCUT2D eigenvalue weighted by molar-refractivity contribution is -0.113. The van der Waals surface area contributed by atoms with Gasteiger partial charge in [0.25, 0.3) is 0 Å². The fraction of sp³-hybridized carbons (Fsp3) is 0.235. The van der Waals surface area contributed by atoms with Gasteiger partial charge in [-0.05, 0) is 24.3 Å². The number of furan rings is 1. The van der Waals surface area contributed by atoms with Gasteiger partial charge in [0.2, 0.25) is 11.0 Å². The number of amides is 1. The minimum Gasteiger partial charge on any atom is -0.497 e.